The zero-order valence-corrected chi connectivity index (χ0v) is 19.0. The second kappa shape index (κ2) is 8.78. The second-order valence-electron chi connectivity index (χ2n) is 8.73. The molecular weight excluding hydrogens is 416 g/mol. The lowest BCUT2D eigenvalue weighted by atomic mass is 9.99. The molecule has 33 heavy (non-hydrogen) atoms. The van der Waals surface area contributed by atoms with Gasteiger partial charge in [0.25, 0.3) is 5.91 Å². The summed E-state index contributed by atoms with van der Waals surface area (Å²) in [5.41, 5.74) is 12.3. The van der Waals surface area contributed by atoms with E-state index in [1.807, 2.05) is 30.0 Å². The van der Waals surface area contributed by atoms with Gasteiger partial charge in [0.05, 0.1) is 18.8 Å². The van der Waals surface area contributed by atoms with Crippen molar-refractivity contribution in [3.63, 3.8) is 0 Å². The molecule has 2 N–H and O–H groups in total. The molecule has 0 saturated carbocycles. The Bertz CT molecular complexity index is 1180. The minimum absolute atomic E-state index is 0.0409. The number of aromatic nitrogens is 3. The maximum Gasteiger partial charge on any atom is 0.254 e. The Kier molecular flexibility index (Phi) is 5.68. The number of ether oxygens (including phenoxy) is 1. The molecule has 1 amide bonds. The number of anilines is 2. The highest BCUT2D eigenvalue weighted by atomic mass is 16.5. The predicted octanol–water partition coefficient (Wildman–Crippen LogP) is 3.03. The number of nitrogen functional groups attached to an aromatic ring is 1. The molecule has 2 aliphatic heterocycles. The number of carbonyl (C=O) groups excluding carboxylic acids is 1. The zero-order valence-electron chi connectivity index (χ0n) is 19.0. The quantitative estimate of drug-likeness (QED) is 0.663. The van der Waals surface area contributed by atoms with Gasteiger partial charge in [0.15, 0.2) is 0 Å². The van der Waals surface area contributed by atoms with Crippen LogP contribution in [0, 0.1) is 6.92 Å². The van der Waals surface area contributed by atoms with Gasteiger partial charge in [0.2, 0.25) is 5.95 Å². The third-order valence-electron chi connectivity index (χ3n) is 6.34. The number of hydrogen-bond donors (Lipinski definition) is 1. The van der Waals surface area contributed by atoms with Gasteiger partial charge in [-0.1, -0.05) is 0 Å². The van der Waals surface area contributed by atoms with E-state index >= 15 is 0 Å². The van der Waals surface area contributed by atoms with Gasteiger partial charge in [0.1, 0.15) is 6.10 Å². The smallest absolute Gasteiger partial charge is 0.254 e. The highest BCUT2D eigenvalue weighted by Gasteiger charge is 2.28. The molecule has 8 heteroatoms. The van der Waals surface area contributed by atoms with Crippen LogP contribution in [0.1, 0.15) is 39.8 Å². The van der Waals surface area contributed by atoms with Crippen LogP contribution in [-0.4, -0.2) is 59.0 Å². The van der Waals surface area contributed by atoms with Gasteiger partial charge in [-0.15, -0.1) is 0 Å². The minimum Gasteiger partial charge on any atom is -0.374 e. The first-order valence-corrected chi connectivity index (χ1v) is 11.3. The molecule has 0 radical (unpaired) electrons. The number of benzene rings is 1. The molecule has 1 atom stereocenters. The normalized spacial score (nSPS) is 18.2. The van der Waals surface area contributed by atoms with Gasteiger partial charge >= 0.3 is 0 Å². The summed E-state index contributed by atoms with van der Waals surface area (Å²) in [5, 5.41) is 0. The Balaban J connectivity index is 1.37. The molecule has 4 heterocycles. The SMILES string of the molecule is Cc1cc(-c2cnc(N)nc2)cc([C@H]2CN(C(=O)c3ccc4c(c3)CCCN4C)CCO2)n1. The van der Waals surface area contributed by atoms with E-state index in [1.54, 1.807) is 12.4 Å². The lowest BCUT2D eigenvalue weighted by Gasteiger charge is -2.33. The van der Waals surface area contributed by atoms with Crippen LogP contribution in [0.5, 0.6) is 0 Å². The molecular formula is C25H28N6O2. The Morgan fingerprint density at radius 1 is 1.12 bits per heavy atom. The molecule has 3 aromatic rings. The van der Waals surface area contributed by atoms with Gasteiger partial charge in [-0.3, -0.25) is 9.78 Å². The van der Waals surface area contributed by atoms with Crippen molar-refractivity contribution in [2.75, 3.05) is 43.9 Å². The monoisotopic (exact) mass is 444 g/mol. The fourth-order valence-electron chi connectivity index (χ4n) is 4.63. The summed E-state index contributed by atoms with van der Waals surface area (Å²) in [4.78, 5) is 30.3. The van der Waals surface area contributed by atoms with Crippen LogP contribution in [0.3, 0.4) is 0 Å². The van der Waals surface area contributed by atoms with Crippen molar-refractivity contribution in [1.29, 1.82) is 0 Å². The number of pyridine rings is 1. The first-order chi connectivity index (χ1) is 16.0. The first kappa shape index (κ1) is 21.3. The number of amides is 1. The Hall–Kier alpha value is -3.52. The van der Waals surface area contributed by atoms with E-state index in [-0.39, 0.29) is 18.0 Å². The molecule has 0 unspecified atom stereocenters. The summed E-state index contributed by atoms with van der Waals surface area (Å²) in [6.45, 7) is 4.50. The molecule has 0 spiro atoms. The van der Waals surface area contributed by atoms with E-state index in [1.165, 1.54) is 11.3 Å². The van der Waals surface area contributed by atoms with Gasteiger partial charge in [-0.05, 0) is 61.2 Å². The van der Waals surface area contributed by atoms with Crippen LogP contribution in [0.2, 0.25) is 0 Å². The standard InChI is InChI=1S/C25H28N6O2/c1-16-10-19(20-13-27-25(26)28-14-20)12-21(29-16)23-15-31(8-9-33-23)24(32)18-5-6-22-17(11-18)4-3-7-30(22)2/h5-6,10-14,23H,3-4,7-9,15H2,1-2H3,(H2,26,27,28)/t23-/m1/s1. The molecule has 2 aromatic heterocycles. The third kappa shape index (κ3) is 4.39. The molecule has 5 rings (SSSR count). The van der Waals surface area contributed by atoms with Gasteiger partial charge in [-0.25, -0.2) is 9.97 Å². The molecule has 8 nitrogen and oxygen atoms in total. The summed E-state index contributed by atoms with van der Waals surface area (Å²) in [7, 11) is 2.10. The van der Waals surface area contributed by atoms with Crippen LogP contribution in [0.15, 0.2) is 42.7 Å². The summed E-state index contributed by atoms with van der Waals surface area (Å²) in [6.07, 6.45) is 5.23. The molecule has 1 aromatic carbocycles. The van der Waals surface area contributed by atoms with Crippen molar-refractivity contribution in [1.82, 2.24) is 19.9 Å². The van der Waals surface area contributed by atoms with Crippen molar-refractivity contribution in [3.8, 4) is 11.1 Å². The average molecular weight is 445 g/mol. The van der Waals surface area contributed by atoms with E-state index in [0.717, 1.165) is 47.5 Å². The first-order valence-electron chi connectivity index (χ1n) is 11.3. The lowest BCUT2D eigenvalue weighted by molar-refractivity contribution is -0.0247. The predicted molar refractivity (Wildman–Crippen MR) is 127 cm³/mol. The summed E-state index contributed by atoms with van der Waals surface area (Å²) in [6, 6.07) is 10.0. The number of aryl methyl sites for hydroxylation is 2. The number of morpholine rings is 1. The Labute approximate surface area is 193 Å². The van der Waals surface area contributed by atoms with E-state index in [9.17, 15) is 4.79 Å². The second-order valence-corrected chi connectivity index (χ2v) is 8.73. The topological polar surface area (TPSA) is 97.5 Å². The van der Waals surface area contributed by atoms with Crippen molar-refractivity contribution in [2.45, 2.75) is 25.9 Å². The van der Waals surface area contributed by atoms with Crippen LogP contribution in [0.4, 0.5) is 11.6 Å². The number of rotatable bonds is 3. The van der Waals surface area contributed by atoms with Crippen LogP contribution in [0.25, 0.3) is 11.1 Å². The van der Waals surface area contributed by atoms with Gasteiger partial charge < -0.3 is 20.3 Å². The van der Waals surface area contributed by atoms with Gasteiger partial charge in [-0.2, -0.15) is 0 Å². The van der Waals surface area contributed by atoms with E-state index in [2.05, 4.69) is 34.0 Å². The lowest BCUT2D eigenvalue weighted by Crippen LogP contribution is -2.42. The maximum atomic E-state index is 13.3. The average Bonchev–Trinajstić information content (AvgIpc) is 2.83. The summed E-state index contributed by atoms with van der Waals surface area (Å²) < 4.78 is 6.04. The summed E-state index contributed by atoms with van der Waals surface area (Å²) >= 11 is 0. The van der Waals surface area contributed by atoms with E-state index in [4.69, 9.17) is 15.5 Å². The molecule has 1 saturated heterocycles. The van der Waals surface area contributed by atoms with Crippen LogP contribution >= 0.6 is 0 Å². The van der Waals surface area contributed by atoms with Gasteiger partial charge in [0, 0.05) is 55.0 Å². The zero-order chi connectivity index (χ0) is 22.9. The van der Waals surface area contributed by atoms with Crippen molar-refractivity contribution in [3.05, 3.63) is 65.2 Å². The third-order valence-corrected chi connectivity index (χ3v) is 6.34. The van der Waals surface area contributed by atoms with E-state index < -0.39 is 0 Å². The molecule has 170 valence electrons. The van der Waals surface area contributed by atoms with Crippen molar-refractivity contribution >= 4 is 17.5 Å². The molecule has 1 fully saturated rings. The Morgan fingerprint density at radius 3 is 2.76 bits per heavy atom. The number of hydrogen-bond acceptors (Lipinski definition) is 7. The summed E-state index contributed by atoms with van der Waals surface area (Å²) in [5.74, 6) is 0.280. The maximum absolute atomic E-state index is 13.3. The fourth-order valence-corrected chi connectivity index (χ4v) is 4.63. The van der Waals surface area contributed by atoms with Crippen molar-refractivity contribution in [2.24, 2.45) is 0 Å². The molecule has 0 aliphatic carbocycles. The van der Waals surface area contributed by atoms with Crippen LogP contribution in [-0.2, 0) is 11.2 Å². The largest absolute Gasteiger partial charge is 0.374 e. The Morgan fingerprint density at radius 2 is 1.94 bits per heavy atom. The number of fused-ring (bicyclic) bond motifs is 1. The van der Waals surface area contributed by atoms with E-state index in [0.29, 0.717) is 19.7 Å². The fraction of sp³-hybridized carbons (Fsp3) is 0.360. The highest BCUT2D eigenvalue weighted by molar-refractivity contribution is 5.95. The number of nitrogens with zero attached hydrogens (tertiary/aromatic N) is 5. The van der Waals surface area contributed by atoms with Crippen molar-refractivity contribution < 1.29 is 9.53 Å². The molecule has 2 aliphatic rings. The highest BCUT2D eigenvalue weighted by Crippen LogP contribution is 2.29. The number of nitrogens with two attached hydrogens (primary N) is 1. The molecule has 0 bridgehead atoms. The minimum atomic E-state index is -0.292. The number of carbonyl (C=O) groups is 1. The van der Waals surface area contributed by atoms with Crippen LogP contribution < -0.4 is 10.6 Å².